The van der Waals surface area contributed by atoms with Crippen LogP contribution in [0.2, 0.25) is 0 Å². The van der Waals surface area contributed by atoms with Crippen LogP contribution in [0.1, 0.15) is 29.9 Å². The van der Waals surface area contributed by atoms with Crippen molar-refractivity contribution in [3.63, 3.8) is 0 Å². The number of benzene rings is 2. The van der Waals surface area contributed by atoms with Gasteiger partial charge in [0, 0.05) is 26.2 Å². The van der Waals surface area contributed by atoms with E-state index in [1.807, 2.05) is 35.0 Å². The molecule has 4 rings (SSSR count). The van der Waals surface area contributed by atoms with Crippen LogP contribution in [0.5, 0.6) is 0 Å². The highest BCUT2D eigenvalue weighted by Crippen LogP contribution is 2.28. The van der Waals surface area contributed by atoms with Gasteiger partial charge in [-0.25, -0.2) is 9.07 Å². The fourth-order valence-corrected chi connectivity index (χ4v) is 3.78. The molecule has 3 aromatic rings. The summed E-state index contributed by atoms with van der Waals surface area (Å²) < 4.78 is 15.4. The zero-order valence-corrected chi connectivity index (χ0v) is 16.1. The van der Waals surface area contributed by atoms with E-state index in [9.17, 15) is 4.39 Å². The minimum Gasteiger partial charge on any atom is -0.301 e. The third-order valence-electron chi connectivity index (χ3n) is 5.38. The van der Waals surface area contributed by atoms with Gasteiger partial charge in [0.05, 0.1) is 12.6 Å². The first-order chi connectivity index (χ1) is 13.7. The summed E-state index contributed by atoms with van der Waals surface area (Å²) in [4.78, 5) is 4.83. The first-order valence-electron chi connectivity index (χ1n) is 9.76. The van der Waals surface area contributed by atoms with E-state index in [4.69, 9.17) is 0 Å². The lowest BCUT2D eigenvalue weighted by Gasteiger charge is -2.38. The number of nitrogens with zero attached hydrogens (tertiary/aromatic N) is 6. The maximum atomic E-state index is 13.5. The Kier molecular flexibility index (Phi) is 5.73. The molecule has 1 saturated heterocycles. The third-order valence-corrected chi connectivity index (χ3v) is 5.38. The molecule has 0 spiro atoms. The van der Waals surface area contributed by atoms with E-state index in [0.717, 1.165) is 49.7 Å². The molecule has 2 aromatic carbocycles. The van der Waals surface area contributed by atoms with Gasteiger partial charge in [-0.3, -0.25) is 4.90 Å². The van der Waals surface area contributed by atoms with E-state index in [2.05, 4.69) is 44.4 Å². The van der Waals surface area contributed by atoms with Crippen LogP contribution in [-0.2, 0) is 6.54 Å². The highest BCUT2D eigenvalue weighted by molar-refractivity contribution is 5.26. The average molecular weight is 380 g/mol. The summed E-state index contributed by atoms with van der Waals surface area (Å²) in [6, 6.07) is 16.8. The zero-order valence-electron chi connectivity index (χ0n) is 16.1. The van der Waals surface area contributed by atoms with Crippen LogP contribution in [0.15, 0.2) is 54.6 Å². The average Bonchev–Trinajstić information content (AvgIpc) is 3.18. The van der Waals surface area contributed by atoms with Gasteiger partial charge in [0.15, 0.2) is 5.82 Å². The number of likely N-dealkylation sites (N-methyl/N-ethyl adjacent to an activating group) is 1. The molecule has 6 nitrogen and oxygen atoms in total. The van der Waals surface area contributed by atoms with Crippen molar-refractivity contribution in [1.82, 2.24) is 30.0 Å². The van der Waals surface area contributed by atoms with Crippen molar-refractivity contribution < 1.29 is 4.39 Å². The molecular weight excluding hydrogens is 355 g/mol. The third kappa shape index (κ3) is 4.10. The number of piperazine rings is 1. The number of halogens is 1. The Balaban J connectivity index is 1.66. The Morgan fingerprint density at radius 1 is 0.964 bits per heavy atom. The number of hydrogen-bond donors (Lipinski definition) is 0. The summed E-state index contributed by atoms with van der Waals surface area (Å²) >= 11 is 0. The Hall–Kier alpha value is -2.64. The molecule has 1 aromatic heterocycles. The Morgan fingerprint density at radius 3 is 2.36 bits per heavy atom. The van der Waals surface area contributed by atoms with Gasteiger partial charge < -0.3 is 4.90 Å². The van der Waals surface area contributed by atoms with Crippen molar-refractivity contribution >= 4 is 0 Å². The molecule has 2 heterocycles. The quantitative estimate of drug-likeness (QED) is 0.658. The van der Waals surface area contributed by atoms with Crippen LogP contribution in [0.3, 0.4) is 0 Å². The van der Waals surface area contributed by atoms with Crippen molar-refractivity contribution in [3.05, 3.63) is 77.4 Å². The minimum atomic E-state index is -0.234. The van der Waals surface area contributed by atoms with Gasteiger partial charge in [-0.15, -0.1) is 5.10 Å². The van der Waals surface area contributed by atoms with Crippen molar-refractivity contribution in [2.24, 2.45) is 0 Å². The lowest BCUT2D eigenvalue weighted by molar-refractivity contribution is 0.108. The summed E-state index contributed by atoms with van der Waals surface area (Å²) in [5, 5.41) is 12.6. The first-order valence-corrected chi connectivity index (χ1v) is 9.76. The van der Waals surface area contributed by atoms with E-state index in [-0.39, 0.29) is 11.9 Å². The van der Waals surface area contributed by atoms with E-state index in [1.54, 1.807) is 0 Å². The molecule has 0 unspecified atom stereocenters. The normalized spacial score (nSPS) is 16.9. The smallest absolute Gasteiger partial charge is 0.173 e. The summed E-state index contributed by atoms with van der Waals surface area (Å²) in [6.45, 7) is 7.72. The molecule has 1 aliphatic rings. The van der Waals surface area contributed by atoms with Crippen molar-refractivity contribution in [1.29, 1.82) is 0 Å². The van der Waals surface area contributed by atoms with E-state index >= 15 is 0 Å². The monoisotopic (exact) mass is 380 g/mol. The van der Waals surface area contributed by atoms with Crippen LogP contribution in [0.25, 0.3) is 0 Å². The molecular formula is C21H25FN6. The number of rotatable bonds is 6. The summed E-state index contributed by atoms with van der Waals surface area (Å²) in [5.41, 5.74) is 2.15. The lowest BCUT2D eigenvalue weighted by atomic mass is 10.0. The first kappa shape index (κ1) is 18.7. The molecule has 1 fully saturated rings. The highest BCUT2D eigenvalue weighted by Gasteiger charge is 2.30. The van der Waals surface area contributed by atoms with Gasteiger partial charge in [0.25, 0.3) is 0 Å². The predicted molar refractivity (Wildman–Crippen MR) is 105 cm³/mol. The van der Waals surface area contributed by atoms with E-state index in [1.165, 1.54) is 12.1 Å². The van der Waals surface area contributed by atoms with Gasteiger partial charge >= 0.3 is 0 Å². The van der Waals surface area contributed by atoms with E-state index < -0.39 is 0 Å². The Morgan fingerprint density at radius 2 is 1.68 bits per heavy atom. The zero-order chi connectivity index (χ0) is 19.3. The molecule has 7 heteroatoms. The van der Waals surface area contributed by atoms with Gasteiger partial charge in [-0.2, -0.15) is 0 Å². The summed E-state index contributed by atoms with van der Waals surface area (Å²) in [7, 11) is 0. The van der Waals surface area contributed by atoms with Gasteiger partial charge in [-0.1, -0.05) is 49.4 Å². The number of aromatic nitrogens is 4. The molecule has 1 aliphatic heterocycles. The second-order valence-corrected chi connectivity index (χ2v) is 7.10. The molecule has 0 bridgehead atoms. The van der Waals surface area contributed by atoms with E-state index in [0.29, 0.717) is 6.54 Å². The topological polar surface area (TPSA) is 50.1 Å². The van der Waals surface area contributed by atoms with Crippen molar-refractivity contribution in [2.45, 2.75) is 19.5 Å². The molecule has 0 saturated carbocycles. The fourth-order valence-electron chi connectivity index (χ4n) is 3.78. The Bertz CT molecular complexity index is 871. The largest absolute Gasteiger partial charge is 0.301 e. The highest BCUT2D eigenvalue weighted by atomic mass is 19.1. The van der Waals surface area contributed by atoms with Crippen LogP contribution in [0, 0.1) is 5.82 Å². The molecule has 1 atom stereocenters. The number of hydrogen-bond acceptors (Lipinski definition) is 5. The minimum absolute atomic E-state index is 0.0988. The van der Waals surface area contributed by atoms with Crippen molar-refractivity contribution in [3.8, 4) is 0 Å². The molecule has 0 aliphatic carbocycles. The standard InChI is InChI=1S/C21H25FN6/c1-2-26-12-14-27(15-13-26)20(18-8-10-19(22)11-9-18)21-23-24-25-28(21)16-17-6-4-3-5-7-17/h3-11,20H,2,12-16H2,1H3/t20-/m1/s1. The lowest BCUT2D eigenvalue weighted by Crippen LogP contribution is -2.48. The molecule has 0 amide bonds. The van der Waals surface area contributed by atoms with Crippen LogP contribution in [0.4, 0.5) is 4.39 Å². The Labute approximate surface area is 164 Å². The maximum Gasteiger partial charge on any atom is 0.173 e. The molecule has 0 radical (unpaired) electrons. The second-order valence-electron chi connectivity index (χ2n) is 7.10. The fraction of sp³-hybridized carbons (Fsp3) is 0.381. The van der Waals surface area contributed by atoms with Gasteiger partial charge in [0.2, 0.25) is 0 Å². The molecule has 0 N–H and O–H groups in total. The predicted octanol–water partition coefficient (Wildman–Crippen LogP) is 2.59. The van der Waals surface area contributed by atoms with Gasteiger partial charge in [0.1, 0.15) is 5.82 Å². The van der Waals surface area contributed by atoms with Crippen LogP contribution in [-0.4, -0.2) is 62.7 Å². The second kappa shape index (κ2) is 8.58. The summed E-state index contributed by atoms with van der Waals surface area (Å²) in [6.07, 6.45) is 0. The van der Waals surface area contributed by atoms with Crippen LogP contribution < -0.4 is 0 Å². The maximum absolute atomic E-state index is 13.5. The summed E-state index contributed by atoms with van der Waals surface area (Å²) in [5.74, 6) is 0.558. The van der Waals surface area contributed by atoms with Crippen LogP contribution >= 0.6 is 0 Å². The molecule has 28 heavy (non-hydrogen) atoms. The molecule has 146 valence electrons. The SMILES string of the molecule is CCN1CCN([C@H](c2ccc(F)cc2)c2nnnn2Cc2ccccc2)CC1. The van der Waals surface area contributed by atoms with Crippen molar-refractivity contribution in [2.75, 3.05) is 32.7 Å². The number of tetrazole rings is 1. The van der Waals surface area contributed by atoms with Gasteiger partial charge in [-0.05, 0) is 40.2 Å².